The lowest BCUT2D eigenvalue weighted by molar-refractivity contribution is -0.135. The van der Waals surface area contributed by atoms with E-state index < -0.39 is 5.54 Å². The fraction of sp³-hybridized carbons (Fsp3) is 0.308. The molecular formula is C13H13NO2. The van der Waals surface area contributed by atoms with Crippen molar-refractivity contribution in [2.24, 2.45) is 0 Å². The summed E-state index contributed by atoms with van der Waals surface area (Å²) in [7, 11) is 0. The first-order valence-corrected chi connectivity index (χ1v) is 5.40. The number of nitrogens with zero attached hydrogens (tertiary/aromatic N) is 1. The summed E-state index contributed by atoms with van der Waals surface area (Å²) < 4.78 is 0. The highest BCUT2D eigenvalue weighted by Gasteiger charge is 2.52. The fourth-order valence-corrected chi connectivity index (χ4v) is 2.97. The molecule has 1 N–H and O–H groups in total. The Bertz CT molecular complexity index is 494. The number of hydrogen-bond donors (Lipinski definition) is 1. The van der Waals surface area contributed by atoms with Crippen molar-refractivity contribution in [1.29, 1.82) is 0 Å². The lowest BCUT2D eigenvalue weighted by Gasteiger charge is -2.32. The lowest BCUT2D eigenvalue weighted by atomic mass is 9.87. The van der Waals surface area contributed by atoms with Crippen molar-refractivity contribution < 1.29 is 9.90 Å². The van der Waals surface area contributed by atoms with Crippen LogP contribution in [0, 0.1) is 0 Å². The predicted octanol–water partition coefficient (Wildman–Crippen LogP) is 1.35. The van der Waals surface area contributed by atoms with E-state index in [-0.39, 0.29) is 18.6 Å². The predicted molar refractivity (Wildman–Crippen MR) is 59.6 cm³/mol. The van der Waals surface area contributed by atoms with Crippen molar-refractivity contribution >= 4 is 5.91 Å². The van der Waals surface area contributed by atoms with Crippen LogP contribution >= 0.6 is 0 Å². The van der Waals surface area contributed by atoms with Crippen LogP contribution < -0.4 is 0 Å². The molecule has 0 saturated heterocycles. The quantitative estimate of drug-likeness (QED) is 0.718. The number of carbonyl (C=O) groups excluding carboxylic acids is 1. The van der Waals surface area contributed by atoms with Gasteiger partial charge in [0.2, 0.25) is 5.91 Å². The van der Waals surface area contributed by atoms with Gasteiger partial charge >= 0.3 is 0 Å². The van der Waals surface area contributed by atoms with Gasteiger partial charge in [-0.15, -0.1) is 0 Å². The summed E-state index contributed by atoms with van der Waals surface area (Å²) in [6.45, 7) is 1.49. The molecule has 0 fully saturated rings. The van der Waals surface area contributed by atoms with Gasteiger partial charge in [0.25, 0.3) is 0 Å². The molecule has 1 aromatic carbocycles. The Hall–Kier alpha value is -1.61. The molecule has 2 heterocycles. The molecule has 3 nitrogen and oxygen atoms in total. The summed E-state index contributed by atoms with van der Waals surface area (Å²) in [4.78, 5) is 13.5. The molecule has 16 heavy (non-hydrogen) atoms. The number of aliphatic hydroxyl groups is 1. The maximum Gasteiger partial charge on any atom is 0.221 e. The Labute approximate surface area is 94.0 Å². The van der Waals surface area contributed by atoms with E-state index in [1.807, 2.05) is 36.4 Å². The SMILES string of the molecule is CC(=O)N1C2C=CC1(CO)c1ccccc12. The van der Waals surface area contributed by atoms with Crippen LogP contribution in [0.15, 0.2) is 36.4 Å². The normalized spacial score (nSPS) is 29.6. The Balaban J connectivity index is 2.24. The number of rotatable bonds is 1. The summed E-state index contributed by atoms with van der Waals surface area (Å²) in [5.41, 5.74) is 1.57. The molecule has 0 aromatic heterocycles. The second-order valence-electron chi connectivity index (χ2n) is 4.36. The molecule has 3 rings (SSSR count). The van der Waals surface area contributed by atoms with Gasteiger partial charge < -0.3 is 10.0 Å². The number of hydrogen-bond acceptors (Lipinski definition) is 2. The molecule has 0 spiro atoms. The molecule has 2 bridgehead atoms. The largest absolute Gasteiger partial charge is 0.393 e. The van der Waals surface area contributed by atoms with Crippen molar-refractivity contribution in [1.82, 2.24) is 4.90 Å². The molecule has 1 amide bonds. The van der Waals surface area contributed by atoms with E-state index in [1.54, 1.807) is 11.8 Å². The Kier molecular flexibility index (Phi) is 1.77. The third-order valence-corrected chi connectivity index (χ3v) is 3.59. The minimum absolute atomic E-state index is 0.000231. The molecule has 2 aliphatic rings. The van der Waals surface area contributed by atoms with Gasteiger partial charge in [0.1, 0.15) is 5.54 Å². The van der Waals surface area contributed by atoms with E-state index in [9.17, 15) is 9.90 Å². The zero-order chi connectivity index (χ0) is 11.3. The van der Waals surface area contributed by atoms with Crippen LogP contribution in [0.25, 0.3) is 0 Å². The average molecular weight is 215 g/mol. The van der Waals surface area contributed by atoms with Crippen LogP contribution in [0.2, 0.25) is 0 Å². The number of carbonyl (C=O) groups is 1. The van der Waals surface area contributed by atoms with Gasteiger partial charge in [-0.25, -0.2) is 0 Å². The first kappa shape index (κ1) is 9.60. The summed E-state index contributed by atoms with van der Waals surface area (Å²) in [6, 6.07) is 7.93. The van der Waals surface area contributed by atoms with Gasteiger partial charge in [0.15, 0.2) is 0 Å². The highest BCUT2D eigenvalue weighted by atomic mass is 16.3. The Morgan fingerprint density at radius 3 is 2.94 bits per heavy atom. The van der Waals surface area contributed by atoms with E-state index in [4.69, 9.17) is 0 Å². The molecule has 82 valence electrons. The molecule has 0 saturated carbocycles. The van der Waals surface area contributed by atoms with Gasteiger partial charge in [0.05, 0.1) is 12.6 Å². The first-order chi connectivity index (χ1) is 7.70. The number of amides is 1. The monoisotopic (exact) mass is 215 g/mol. The van der Waals surface area contributed by atoms with E-state index >= 15 is 0 Å². The zero-order valence-corrected chi connectivity index (χ0v) is 9.05. The maximum atomic E-state index is 11.7. The second-order valence-corrected chi connectivity index (χ2v) is 4.36. The summed E-state index contributed by atoms with van der Waals surface area (Å²) in [5.74, 6) is 0.000231. The third-order valence-electron chi connectivity index (χ3n) is 3.59. The molecule has 0 radical (unpaired) electrons. The maximum absolute atomic E-state index is 11.7. The van der Waals surface area contributed by atoms with Gasteiger partial charge in [0, 0.05) is 6.92 Å². The van der Waals surface area contributed by atoms with Crippen molar-refractivity contribution in [2.75, 3.05) is 6.61 Å². The average Bonchev–Trinajstić information content (AvgIpc) is 2.81. The van der Waals surface area contributed by atoms with Gasteiger partial charge in [-0.05, 0) is 11.1 Å². The first-order valence-electron chi connectivity index (χ1n) is 5.40. The molecule has 3 heteroatoms. The third kappa shape index (κ3) is 0.895. The molecule has 1 aromatic rings. The van der Waals surface area contributed by atoms with Crippen molar-refractivity contribution in [3.63, 3.8) is 0 Å². The highest BCUT2D eigenvalue weighted by molar-refractivity contribution is 5.79. The summed E-state index contributed by atoms with van der Waals surface area (Å²) in [5, 5.41) is 9.66. The minimum atomic E-state index is -0.618. The molecule has 0 aliphatic carbocycles. The molecule has 2 atom stereocenters. The van der Waals surface area contributed by atoms with E-state index in [0.717, 1.165) is 11.1 Å². The smallest absolute Gasteiger partial charge is 0.221 e. The van der Waals surface area contributed by atoms with Crippen molar-refractivity contribution in [2.45, 2.75) is 18.5 Å². The van der Waals surface area contributed by atoms with Crippen molar-refractivity contribution in [3.8, 4) is 0 Å². The van der Waals surface area contributed by atoms with Gasteiger partial charge in [-0.1, -0.05) is 36.4 Å². The van der Waals surface area contributed by atoms with Crippen molar-refractivity contribution in [3.05, 3.63) is 47.5 Å². The van der Waals surface area contributed by atoms with E-state index in [1.165, 1.54) is 0 Å². The second kappa shape index (κ2) is 2.95. The lowest BCUT2D eigenvalue weighted by Crippen LogP contribution is -2.43. The Morgan fingerprint density at radius 2 is 2.25 bits per heavy atom. The van der Waals surface area contributed by atoms with Crippen LogP contribution in [-0.4, -0.2) is 22.5 Å². The fourth-order valence-electron chi connectivity index (χ4n) is 2.97. The molecule has 2 aliphatic heterocycles. The van der Waals surface area contributed by atoms with Crippen LogP contribution in [0.1, 0.15) is 24.1 Å². The van der Waals surface area contributed by atoms with Crippen LogP contribution in [0.3, 0.4) is 0 Å². The van der Waals surface area contributed by atoms with Gasteiger partial charge in [-0.3, -0.25) is 4.79 Å². The molecule has 2 unspecified atom stereocenters. The summed E-state index contributed by atoms with van der Waals surface area (Å²) >= 11 is 0. The topological polar surface area (TPSA) is 40.5 Å². The standard InChI is InChI=1S/C13H13NO2/c1-9(16)14-12-6-7-13(14,8-15)11-5-3-2-4-10(11)12/h2-7,12,15H,8H2,1H3. The minimum Gasteiger partial charge on any atom is -0.393 e. The van der Waals surface area contributed by atoms with E-state index in [2.05, 4.69) is 0 Å². The van der Waals surface area contributed by atoms with Crippen LogP contribution in [-0.2, 0) is 10.3 Å². The van der Waals surface area contributed by atoms with E-state index in [0.29, 0.717) is 0 Å². The number of benzene rings is 1. The van der Waals surface area contributed by atoms with Crippen LogP contribution in [0.5, 0.6) is 0 Å². The highest BCUT2D eigenvalue weighted by Crippen LogP contribution is 2.52. The Morgan fingerprint density at radius 1 is 1.50 bits per heavy atom. The number of fused-ring (bicyclic) bond motifs is 5. The number of aliphatic hydroxyl groups excluding tert-OH is 1. The van der Waals surface area contributed by atoms with Crippen LogP contribution in [0.4, 0.5) is 0 Å². The summed E-state index contributed by atoms with van der Waals surface area (Å²) in [6.07, 6.45) is 3.95. The molecular weight excluding hydrogens is 202 g/mol. The van der Waals surface area contributed by atoms with Gasteiger partial charge in [-0.2, -0.15) is 0 Å². The zero-order valence-electron chi connectivity index (χ0n) is 9.05.